The normalized spacial score (nSPS) is 21.9. The highest BCUT2D eigenvalue weighted by atomic mass is 19.4. The first-order chi connectivity index (χ1) is 10.7. The van der Waals surface area contributed by atoms with Crippen LogP contribution in [0.3, 0.4) is 0 Å². The van der Waals surface area contributed by atoms with Gasteiger partial charge in [-0.25, -0.2) is 0 Å². The Morgan fingerprint density at radius 1 is 1.30 bits per heavy atom. The van der Waals surface area contributed by atoms with Crippen molar-refractivity contribution in [2.75, 3.05) is 5.32 Å². The number of hydrogen-bond donors (Lipinski definition) is 2. The summed E-state index contributed by atoms with van der Waals surface area (Å²) >= 11 is 0. The van der Waals surface area contributed by atoms with Crippen LogP contribution in [0.15, 0.2) is 12.3 Å². The molecule has 128 valence electrons. The predicted octanol–water partition coefficient (Wildman–Crippen LogP) is 2.67. The molecular formula is C14H18F3N3O3. The molecule has 0 saturated heterocycles. The number of hydrogen-bond acceptors (Lipinski definition) is 3. The van der Waals surface area contributed by atoms with Crippen molar-refractivity contribution in [3.63, 3.8) is 0 Å². The standard InChI is InChI=1S/C14H18F3N3O3/c15-14(16,17)10-3-1-9(2-4-10)7-12(21)18-11-5-6-20(19-11)8-13(22)23/h5-6,9-10H,1-4,7-8H2,(H,22,23)(H,18,19,21). The van der Waals surface area contributed by atoms with Crippen molar-refractivity contribution in [3.8, 4) is 0 Å². The molecule has 0 unspecified atom stereocenters. The molecule has 0 atom stereocenters. The Morgan fingerprint density at radius 3 is 2.52 bits per heavy atom. The highest BCUT2D eigenvalue weighted by Crippen LogP contribution is 2.40. The van der Waals surface area contributed by atoms with E-state index in [1.54, 1.807) is 0 Å². The molecule has 23 heavy (non-hydrogen) atoms. The van der Waals surface area contributed by atoms with E-state index in [9.17, 15) is 22.8 Å². The van der Waals surface area contributed by atoms with Gasteiger partial charge in [0.05, 0.1) is 5.92 Å². The highest BCUT2D eigenvalue weighted by molar-refractivity contribution is 5.89. The number of halogens is 3. The van der Waals surface area contributed by atoms with Crippen molar-refractivity contribution in [2.24, 2.45) is 11.8 Å². The molecule has 0 spiro atoms. The molecule has 0 bridgehead atoms. The van der Waals surface area contributed by atoms with Crippen LogP contribution in [0.2, 0.25) is 0 Å². The maximum absolute atomic E-state index is 12.6. The molecule has 1 aliphatic rings. The molecule has 2 rings (SSSR count). The maximum atomic E-state index is 12.6. The third-order valence-electron chi connectivity index (χ3n) is 3.99. The van der Waals surface area contributed by atoms with Gasteiger partial charge >= 0.3 is 12.1 Å². The number of nitrogens with zero attached hydrogens (tertiary/aromatic N) is 2. The van der Waals surface area contributed by atoms with Gasteiger partial charge in [-0.2, -0.15) is 18.3 Å². The maximum Gasteiger partial charge on any atom is 0.391 e. The fourth-order valence-electron chi connectivity index (χ4n) is 2.80. The molecule has 0 aliphatic heterocycles. The van der Waals surface area contributed by atoms with Crippen molar-refractivity contribution >= 4 is 17.7 Å². The number of aromatic nitrogens is 2. The summed E-state index contributed by atoms with van der Waals surface area (Å²) in [4.78, 5) is 22.4. The van der Waals surface area contributed by atoms with Crippen LogP contribution in [-0.2, 0) is 16.1 Å². The first-order valence-electron chi connectivity index (χ1n) is 7.36. The van der Waals surface area contributed by atoms with Gasteiger partial charge in [0.1, 0.15) is 6.54 Å². The first-order valence-corrected chi connectivity index (χ1v) is 7.36. The lowest BCUT2D eigenvalue weighted by Gasteiger charge is -2.29. The second-order valence-corrected chi connectivity index (χ2v) is 5.80. The largest absolute Gasteiger partial charge is 0.480 e. The second kappa shape index (κ2) is 7.01. The minimum Gasteiger partial charge on any atom is -0.480 e. The summed E-state index contributed by atoms with van der Waals surface area (Å²) < 4.78 is 38.9. The summed E-state index contributed by atoms with van der Waals surface area (Å²) in [5.41, 5.74) is 0. The summed E-state index contributed by atoms with van der Waals surface area (Å²) in [6.07, 6.45) is -1.68. The van der Waals surface area contributed by atoms with Gasteiger partial charge in [0.25, 0.3) is 0 Å². The number of carboxylic acid groups (broad SMARTS) is 1. The van der Waals surface area contributed by atoms with Crippen LogP contribution < -0.4 is 5.32 Å². The summed E-state index contributed by atoms with van der Waals surface area (Å²) in [6, 6.07) is 1.47. The zero-order valence-electron chi connectivity index (χ0n) is 12.3. The van der Waals surface area contributed by atoms with Crippen LogP contribution in [0.5, 0.6) is 0 Å². The molecule has 0 radical (unpaired) electrons. The molecule has 1 aromatic rings. The Balaban J connectivity index is 1.77. The molecular weight excluding hydrogens is 315 g/mol. The zero-order valence-corrected chi connectivity index (χ0v) is 12.3. The lowest BCUT2D eigenvalue weighted by atomic mass is 9.80. The van der Waals surface area contributed by atoms with E-state index in [4.69, 9.17) is 5.11 Å². The summed E-state index contributed by atoms with van der Waals surface area (Å²) in [6.45, 7) is -0.308. The van der Waals surface area contributed by atoms with Gasteiger partial charge in [-0.15, -0.1) is 0 Å². The smallest absolute Gasteiger partial charge is 0.391 e. The zero-order chi connectivity index (χ0) is 17.0. The Kier molecular flexibility index (Phi) is 5.27. The molecule has 9 heteroatoms. The summed E-state index contributed by atoms with van der Waals surface area (Å²) in [5, 5.41) is 15.0. The Labute approximate surface area is 130 Å². The lowest BCUT2D eigenvalue weighted by Crippen LogP contribution is -2.29. The van der Waals surface area contributed by atoms with E-state index in [0.717, 1.165) is 0 Å². The number of rotatable bonds is 5. The average molecular weight is 333 g/mol. The summed E-state index contributed by atoms with van der Waals surface area (Å²) in [5.74, 6) is -2.45. The molecule has 1 amide bonds. The number of nitrogens with one attached hydrogen (secondary N) is 1. The third-order valence-corrected chi connectivity index (χ3v) is 3.99. The number of aliphatic carboxylic acids is 1. The van der Waals surface area contributed by atoms with E-state index in [1.165, 1.54) is 16.9 Å². The van der Waals surface area contributed by atoms with Gasteiger partial charge in [0.2, 0.25) is 5.91 Å². The number of carbonyl (C=O) groups excluding carboxylic acids is 1. The fraction of sp³-hybridized carbons (Fsp3) is 0.643. The van der Waals surface area contributed by atoms with E-state index in [0.29, 0.717) is 12.8 Å². The van der Waals surface area contributed by atoms with Gasteiger partial charge in [-0.1, -0.05) is 0 Å². The number of carbonyl (C=O) groups is 2. The minimum absolute atomic E-state index is 0.0605. The van der Waals surface area contributed by atoms with Crippen LogP contribution in [0.25, 0.3) is 0 Å². The van der Waals surface area contributed by atoms with E-state index >= 15 is 0 Å². The molecule has 2 N–H and O–H groups in total. The first kappa shape index (κ1) is 17.3. The van der Waals surface area contributed by atoms with Crippen molar-refractivity contribution in [1.29, 1.82) is 0 Å². The molecule has 1 aliphatic carbocycles. The van der Waals surface area contributed by atoms with E-state index < -0.39 is 18.1 Å². The average Bonchev–Trinajstić information content (AvgIpc) is 2.84. The van der Waals surface area contributed by atoms with Gasteiger partial charge in [-0.3, -0.25) is 14.3 Å². The number of amides is 1. The van der Waals surface area contributed by atoms with Crippen LogP contribution in [-0.4, -0.2) is 32.9 Å². The topological polar surface area (TPSA) is 84.2 Å². The molecule has 1 aromatic heterocycles. The molecule has 6 nitrogen and oxygen atoms in total. The van der Waals surface area contributed by atoms with Crippen molar-refractivity contribution < 1.29 is 27.9 Å². The highest BCUT2D eigenvalue weighted by Gasteiger charge is 2.41. The SMILES string of the molecule is O=C(O)Cn1ccc(NC(=O)CC2CCC(C(F)(F)F)CC2)n1. The number of carboxylic acids is 1. The third kappa shape index (κ3) is 5.26. The Bertz CT molecular complexity index is 563. The van der Waals surface area contributed by atoms with Crippen molar-refractivity contribution in [3.05, 3.63) is 12.3 Å². The van der Waals surface area contributed by atoms with Gasteiger partial charge < -0.3 is 10.4 Å². The van der Waals surface area contributed by atoms with Crippen LogP contribution >= 0.6 is 0 Å². The number of anilines is 1. The molecule has 0 aromatic carbocycles. The molecule has 1 heterocycles. The van der Waals surface area contributed by atoms with E-state index in [2.05, 4.69) is 10.4 Å². The van der Waals surface area contributed by atoms with Crippen LogP contribution in [0.1, 0.15) is 32.1 Å². The minimum atomic E-state index is -4.15. The van der Waals surface area contributed by atoms with Gasteiger partial charge in [0, 0.05) is 18.7 Å². The molecule has 1 fully saturated rings. The van der Waals surface area contributed by atoms with Gasteiger partial charge in [0.15, 0.2) is 5.82 Å². The number of alkyl halides is 3. The fourth-order valence-corrected chi connectivity index (χ4v) is 2.80. The summed E-state index contributed by atoms with van der Waals surface area (Å²) in [7, 11) is 0. The van der Waals surface area contributed by atoms with Crippen LogP contribution in [0.4, 0.5) is 19.0 Å². The van der Waals surface area contributed by atoms with E-state index in [1.807, 2.05) is 0 Å². The van der Waals surface area contributed by atoms with Gasteiger partial charge in [-0.05, 0) is 31.6 Å². The molecule has 1 saturated carbocycles. The quantitative estimate of drug-likeness (QED) is 0.868. The van der Waals surface area contributed by atoms with Crippen molar-refractivity contribution in [1.82, 2.24) is 9.78 Å². The Hall–Kier alpha value is -2.06. The van der Waals surface area contributed by atoms with Crippen molar-refractivity contribution in [2.45, 2.75) is 44.8 Å². The Morgan fingerprint density at radius 2 is 1.96 bits per heavy atom. The monoisotopic (exact) mass is 333 g/mol. The lowest BCUT2D eigenvalue weighted by molar-refractivity contribution is -0.184. The second-order valence-electron chi connectivity index (χ2n) is 5.80. The van der Waals surface area contributed by atoms with Crippen LogP contribution in [0, 0.1) is 11.8 Å². The predicted molar refractivity (Wildman–Crippen MR) is 74.6 cm³/mol. The van der Waals surface area contributed by atoms with E-state index in [-0.39, 0.29) is 43.5 Å².